The molecule has 0 atom stereocenters. The van der Waals surface area contributed by atoms with E-state index in [-0.39, 0.29) is 0 Å². The fraction of sp³-hybridized carbons (Fsp3) is 0.538. The largest absolute Gasteiger partial charge is 0.491 e. The van der Waals surface area contributed by atoms with Crippen LogP contribution in [-0.2, 0) is 4.74 Å². The lowest BCUT2D eigenvalue weighted by Gasteiger charge is -2.12. The Morgan fingerprint density at radius 2 is 1.65 bits per heavy atom. The molecule has 0 spiro atoms. The molecule has 2 N–H and O–H groups in total. The van der Waals surface area contributed by atoms with Crippen molar-refractivity contribution in [3.05, 3.63) is 18.2 Å². The van der Waals surface area contributed by atoms with E-state index in [2.05, 4.69) is 6.92 Å². The van der Waals surface area contributed by atoms with Crippen LogP contribution in [0, 0.1) is 0 Å². The van der Waals surface area contributed by atoms with Crippen LogP contribution in [0.4, 0.5) is 5.69 Å². The van der Waals surface area contributed by atoms with Crippen molar-refractivity contribution in [1.82, 2.24) is 0 Å². The van der Waals surface area contributed by atoms with E-state index >= 15 is 0 Å². The first-order valence-corrected chi connectivity index (χ1v) is 6.01. The summed E-state index contributed by atoms with van der Waals surface area (Å²) >= 11 is 0. The molecule has 1 aromatic rings. The lowest BCUT2D eigenvalue weighted by Crippen LogP contribution is -2.08. The van der Waals surface area contributed by atoms with Crippen LogP contribution in [0.25, 0.3) is 0 Å². The van der Waals surface area contributed by atoms with Gasteiger partial charge < -0.3 is 19.9 Å². The summed E-state index contributed by atoms with van der Waals surface area (Å²) in [5.41, 5.74) is 6.50. The molecule has 1 aromatic carbocycles. The topological polar surface area (TPSA) is 53.7 Å². The van der Waals surface area contributed by atoms with Crippen LogP contribution in [-0.4, -0.2) is 26.4 Å². The minimum Gasteiger partial charge on any atom is -0.491 e. The highest BCUT2D eigenvalue weighted by atomic mass is 16.5. The van der Waals surface area contributed by atoms with Crippen LogP contribution >= 0.6 is 0 Å². The molecule has 0 aliphatic heterocycles. The van der Waals surface area contributed by atoms with Crippen molar-refractivity contribution in [2.24, 2.45) is 0 Å². The van der Waals surface area contributed by atoms with Crippen molar-refractivity contribution < 1.29 is 14.2 Å². The van der Waals surface area contributed by atoms with E-state index in [4.69, 9.17) is 19.9 Å². The van der Waals surface area contributed by atoms with Gasteiger partial charge in [0.05, 0.1) is 13.2 Å². The molecule has 0 bridgehead atoms. The normalized spacial score (nSPS) is 10.2. The molecule has 0 saturated heterocycles. The number of benzene rings is 1. The van der Waals surface area contributed by atoms with E-state index in [0.717, 1.165) is 6.42 Å². The van der Waals surface area contributed by atoms with Crippen molar-refractivity contribution in [2.45, 2.75) is 20.3 Å². The third-order valence-electron chi connectivity index (χ3n) is 2.18. The lowest BCUT2D eigenvalue weighted by molar-refractivity contribution is 0.110. The minimum absolute atomic E-state index is 0.495. The Balaban J connectivity index is 2.53. The van der Waals surface area contributed by atoms with E-state index in [0.29, 0.717) is 43.6 Å². The van der Waals surface area contributed by atoms with Gasteiger partial charge >= 0.3 is 0 Å². The quantitative estimate of drug-likeness (QED) is 0.559. The Bertz CT molecular complexity index is 328. The van der Waals surface area contributed by atoms with Crippen LogP contribution in [0.15, 0.2) is 18.2 Å². The van der Waals surface area contributed by atoms with Crippen molar-refractivity contribution in [2.75, 3.05) is 32.2 Å². The van der Waals surface area contributed by atoms with Crippen molar-refractivity contribution >= 4 is 5.69 Å². The molecule has 0 amide bonds. The Morgan fingerprint density at radius 1 is 1.00 bits per heavy atom. The van der Waals surface area contributed by atoms with Crippen LogP contribution in [0.3, 0.4) is 0 Å². The summed E-state index contributed by atoms with van der Waals surface area (Å²) in [6.45, 7) is 6.42. The van der Waals surface area contributed by atoms with Gasteiger partial charge in [-0.05, 0) is 25.5 Å². The molecule has 0 aliphatic carbocycles. The van der Waals surface area contributed by atoms with Crippen molar-refractivity contribution in [3.8, 4) is 11.5 Å². The highest BCUT2D eigenvalue weighted by Crippen LogP contribution is 2.31. The smallest absolute Gasteiger partial charge is 0.146 e. The summed E-state index contributed by atoms with van der Waals surface area (Å²) in [7, 11) is 0. The van der Waals surface area contributed by atoms with E-state index in [1.807, 2.05) is 25.1 Å². The molecule has 4 nitrogen and oxygen atoms in total. The molecule has 0 fully saturated rings. The van der Waals surface area contributed by atoms with Gasteiger partial charge in [-0.25, -0.2) is 0 Å². The molecule has 0 heterocycles. The molecule has 0 unspecified atom stereocenters. The van der Waals surface area contributed by atoms with Crippen LogP contribution in [0.2, 0.25) is 0 Å². The van der Waals surface area contributed by atoms with Gasteiger partial charge in [0.25, 0.3) is 0 Å². The first-order chi connectivity index (χ1) is 8.29. The molecule has 0 saturated carbocycles. The Labute approximate surface area is 103 Å². The van der Waals surface area contributed by atoms with Gasteiger partial charge in [0.15, 0.2) is 0 Å². The van der Waals surface area contributed by atoms with Crippen molar-refractivity contribution in [3.63, 3.8) is 0 Å². The van der Waals surface area contributed by atoms with E-state index < -0.39 is 0 Å². The fourth-order valence-corrected chi connectivity index (χ4v) is 1.34. The monoisotopic (exact) mass is 239 g/mol. The number of nitrogen functional groups attached to an aromatic ring is 1. The molecule has 1 rings (SSSR count). The van der Waals surface area contributed by atoms with Gasteiger partial charge in [0.2, 0.25) is 0 Å². The first kappa shape index (κ1) is 13.6. The lowest BCUT2D eigenvalue weighted by atomic mass is 10.2. The highest BCUT2D eigenvalue weighted by Gasteiger charge is 2.06. The van der Waals surface area contributed by atoms with Gasteiger partial charge in [-0.2, -0.15) is 0 Å². The third kappa shape index (κ3) is 4.53. The SMILES string of the molecule is CCCOc1cccc(OCCOCC)c1N. The first-order valence-electron chi connectivity index (χ1n) is 6.01. The molecule has 96 valence electrons. The third-order valence-corrected chi connectivity index (χ3v) is 2.18. The summed E-state index contributed by atoms with van der Waals surface area (Å²) < 4.78 is 16.2. The number of hydrogen-bond acceptors (Lipinski definition) is 4. The standard InChI is InChI=1S/C13H21NO3/c1-3-8-16-11-6-5-7-12(13(11)14)17-10-9-15-4-2/h5-7H,3-4,8-10,14H2,1-2H3. The zero-order chi connectivity index (χ0) is 12.5. The molecular weight excluding hydrogens is 218 g/mol. The Morgan fingerprint density at radius 3 is 2.24 bits per heavy atom. The molecule has 17 heavy (non-hydrogen) atoms. The number of para-hydroxylation sites is 1. The number of ether oxygens (including phenoxy) is 3. The van der Waals surface area contributed by atoms with Crippen molar-refractivity contribution in [1.29, 1.82) is 0 Å². The number of anilines is 1. The number of rotatable bonds is 8. The molecule has 0 aromatic heterocycles. The maximum absolute atomic E-state index is 5.95. The highest BCUT2D eigenvalue weighted by molar-refractivity contribution is 5.62. The average molecular weight is 239 g/mol. The predicted molar refractivity (Wildman–Crippen MR) is 68.6 cm³/mol. The second-order valence-corrected chi connectivity index (χ2v) is 3.56. The molecule has 0 aliphatic rings. The minimum atomic E-state index is 0.495. The van der Waals surface area contributed by atoms with Gasteiger partial charge in [0, 0.05) is 6.61 Å². The zero-order valence-corrected chi connectivity index (χ0v) is 10.6. The average Bonchev–Trinajstić information content (AvgIpc) is 2.35. The van der Waals surface area contributed by atoms with Gasteiger partial charge in [-0.15, -0.1) is 0 Å². The van der Waals surface area contributed by atoms with Crippen LogP contribution < -0.4 is 15.2 Å². The van der Waals surface area contributed by atoms with Gasteiger partial charge in [-0.1, -0.05) is 13.0 Å². The maximum atomic E-state index is 5.95. The van der Waals surface area contributed by atoms with E-state index in [1.54, 1.807) is 0 Å². The molecular formula is C13H21NO3. The number of nitrogens with two attached hydrogens (primary N) is 1. The van der Waals surface area contributed by atoms with Gasteiger partial charge in [0.1, 0.15) is 23.8 Å². The predicted octanol–water partition coefficient (Wildman–Crippen LogP) is 2.47. The van der Waals surface area contributed by atoms with Crippen LogP contribution in [0.1, 0.15) is 20.3 Å². The summed E-state index contributed by atoms with van der Waals surface area (Å²) in [5, 5.41) is 0. The molecule has 0 radical (unpaired) electrons. The summed E-state index contributed by atoms with van der Waals surface area (Å²) in [6, 6.07) is 5.55. The zero-order valence-electron chi connectivity index (χ0n) is 10.6. The van der Waals surface area contributed by atoms with E-state index in [9.17, 15) is 0 Å². The van der Waals surface area contributed by atoms with Gasteiger partial charge in [-0.3, -0.25) is 0 Å². The maximum Gasteiger partial charge on any atom is 0.146 e. The second-order valence-electron chi connectivity index (χ2n) is 3.56. The summed E-state index contributed by atoms with van der Waals surface area (Å²) in [4.78, 5) is 0. The Kier molecular flexibility index (Phi) is 6.25. The number of hydrogen-bond donors (Lipinski definition) is 1. The summed E-state index contributed by atoms with van der Waals surface area (Å²) in [5.74, 6) is 1.33. The Hall–Kier alpha value is -1.42. The second kappa shape index (κ2) is 7.79. The van der Waals surface area contributed by atoms with Crippen LogP contribution in [0.5, 0.6) is 11.5 Å². The fourth-order valence-electron chi connectivity index (χ4n) is 1.34. The summed E-state index contributed by atoms with van der Waals surface area (Å²) in [6.07, 6.45) is 0.953. The van der Waals surface area contributed by atoms with E-state index in [1.165, 1.54) is 0 Å². The molecule has 4 heteroatoms.